The first-order chi connectivity index (χ1) is 6.70. The van der Waals surface area contributed by atoms with Gasteiger partial charge in [-0.25, -0.2) is 9.59 Å². The summed E-state index contributed by atoms with van der Waals surface area (Å²) in [5, 5.41) is 0. The lowest BCUT2D eigenvalue weighted by atomic mass is 10.1. The molecule has 0 fully saturated rings. The van der Waals surface area contributed by atoms with E-state index in [1.165, 1.54) is 12.2 Å². The van der Waals surface area contributed by atoms with Crippen LogP contribution in [0.3, 0.4) is 0 Å². The molecule has 0 aromatic heterocycles. The molecule has 1 aromatic rings. The van der Waals surface area contributed by atoms with Crippen LogP contribution >= 0.6 is 0 Å². The van der Waals surface area contributed by atoms with Crippen molar-refractivity contribution in [3.8, 4) is 0 Å². The molecule has 14 heavy (non-hydrogen) atoms. The van der Waals surface area contributed by atoms with Crippen molar-refractivity contribution < 1.29 is 9.59 Å². The Morgan fingerprint density at radius 2 is 1.71 bits per heavy atom. The summed E-state index contributed by atoms with van der Waals surface area (Å²) in [5.41, 5.74) is 1.50. The molecule has 0 atom stereocenters. The van der Waals surface area contributed by atoms with Crippen LogP contribution in [0.2, 0.25) is 0 Å². The predicted octanol–water partition coefficient (Wildman–Crippen LogP) is 1.99. The van der Waals surface area contributed by atoms with Gasteiger partial charge in [0.25, 0.3) is 0 Å². The SMILES string of the molecule is [CH2]c1ccc(N=C=O)c([CH2])c1N=C=O. The first-order valence-electron chi connectivity index (χ1n) is 3.67. The molecular weight excluding hydrogens is 180 g/mol. The summed E-state index contributed by atoms with van der Waals surface area (Å²) in [7, 11) is 0. The highest BCUT2D eigenvalue weighted by Crippen LogP contribution is 2.30. The molecular formula is C10H6N2O2. The van der Waals surface area contributed by atoms with E-state index in [9.17, 15) is 9.59 Å². The monoisotopic (exact) mass is 186 g/mol. The summed E-state index contributed by atoms with van der Waals surface area (Å²) in [6, 6.07) is 3.14. The molecule has 0 aliphatic heterocycles. The van der Waals surface area contributed by atoms with Crippen LogP contribution in [0.1, 0.15) is 11.1 Å². The zero-order valence-electron chi connectivity index (χ0n) is 7.28. The maximum atomic E-state index is 10.1. The second kappa shape index (κ2) is 4.28. The Bertz CT molecular complexity index is 453. The van der Waals surface area contributed by atoms with E-state index in [0.717, 1.165) is 0 Å². The minimum atomic E-state index is 0.288. The lowest BCUT2D eigenvalue weighted by molar-refractivity contribution is 0.565. The van der Waals surface area contributed by atoms with Gasteiger partial charge < -0.3 is 0 Å². The quantitative estimate of drug-likeness (QED) is 0.523. The molecule has 0 aliphatic carbocycles. The van der Waals surface area contributed by atoms with Crippen molar-refractivity contribution in [3.05, 3.63) is 37.1 Å². The number of hydrogen-bond acceptors (Lipinski definition) is 4. The Hall–Kier alpha value is -2.02. The molecule has 0 N–H and O–H groups in total. The van der Waals surface area contributed by atoms with Gasteiger partial charge in [0.05, 0.1) is 11.4 Å². The number of benzene rings is 1. The van der Waals surface area contributed by atoms with E-state index in [1.807, 2.05) is 0 Å². The summed E-state index contributed by atoms with van der Waals surface area (Å²) in [6.07, 6.45) is 2.78. The van der Waals surface area contributed by atoms with Crippen molar-refractivity contribution in [2.45, 2.75) is 0 Å². The van der Waals surface area contributed by atoms with Crippen LogP contribution < -0.4 is 0 Å². The van der Waals surface area contributed by atoms with Crippen LogP contribution in [-0.2, 0) is 9.59 Å². The summed E-state index contributed by atoms with van der Waals surface area (Å²) in [4.78, 5) is 27.0. The van der Waals surface area contributed by atoms with E-state index in [0.29, 0.717) is 16.8 Å². The molecule has 4 heteroatoms. The van der Waals surface area contributed by atoms with Crippen molar-refractivity contribution in [2.75, 3.05) is 0 Å². The number of aliphatic imine (C=N–C) groups is 2. The second-order valence-corrected chi connectivity index (χ2v) is 2.48. The van der Waals surface area contributed by atoms with Crippen LogP contribution in [0.4, 0.5) is 11.4 Å². The van der Waals surface area contributed by atoms with Gasteiger partial charge in [-0.2, -0.15) is 9.98 Å². The van der Waals surface area contributed by atoms with Gasteiger partial charge in [-0.1, -0.05) is 6.07 Å². The smallest absolute Gasteiger partial charge is 0.211 e. The van der Waals surface area contributed by atoms with E-state index in [2.05, 4.69) is 23.8 Å². The zero-order valence-corrected chi connectivity index (χ0v) is 7.28. The third-order valence-electron chi connectivity index (χ3n) is 1.67. The number of hydrogen-bond donors (Lipinski definition) is 0. The normalized spacial score (nSPS) is 8.71. The molecule has 68 valence electrons. The first-order valence-corrected chi connectivity index (χ1v) is 3.67. The molecule has 0 saturated carbocycles. The van der Waals surface area contributed by atoms with Crippen molar-refractivity contribution in [1.29, 1.82) is 0 Å². The van der Waals surface area contributed by atoms with Crippen molar-refractivity contribution in [2.24, 2.45) is 9.98 Å². The summed E-state index contributed by atoms with van der Waals surface area (Å²) in [6.45, 7) is 7.28. The fraction of sp³-hybridized carbons (Fsp3) is 0. The van der Waals surface area contributed by atoms with Gasteiger partial charge in [0, 0.05) is 5.56 Å². The highest BCUT2D eigenvalue weighted by atomic mass is 16.1. The van der Waals surface area contributed by atoms with Gasteiger partial charge >= 0.3 is 0 Å². The highest BCUT2D eigenvalue weighted by molar-refractivity contribution is 5.70. The molecule has 1 aromatic carbocycles. The molecule has 2 radical (unpaired) electrons. The minimum Gasteiger partial charge on any atom is -0.211 e. The number of carbonyl (C=O) groups excluding carboxylic acids is 2. The van der Waals surface area contributed by atoms with Crippen molar-refractivity contribution in [1.82, 2.24) is 0 Å². The summed E-state index contributed by atoms with van der Waals surface area (Å²) < 4.78 is 0. The van der Waals surface area contributed by atoms with Gasteiger partial charge in [0.1, 0.15) is 0 Å². The Balaban J connectivity index is 3.47. The van der Waals surface area contributed by atoms with Gasteiger partial charge in [0.2, 0.25) is 12.2 Å². The third kappa shape index (κ3) is 1.83. The molecule has 1 rings (SSSR count). The standard InChI is InChI=1S/C10H6N2O2/c1-7-3-4-9(11-5-13)8(2)10(7)12-6-14/h3-4H,1-2H2. The third-order valence-corrected chi connectivity index (χ3v) is 1.67. The molecule has 0 aliphatic rings. The predicted molar refractivity (Wildman–Crippen MR) is 50.9 cm³/mol. The Morgan fingerprint density at radius 3 is 2.29 bits per heavy atom. The van der Waals surface area contributed by atoms with E-state index in [1.54, 1.807) is 12.1 Å². The summed E-state index contributed by atoms with van der Waals surface area (Å²) >= 11 is 0. The Morgan fingerprint density at radius 1 is 1.07 bits per heavy atom. The van der Waals surface area contributed by atoms with E-state index in [4.69, 9.17) is 0 Å². The number of isocyanates is 2. The average Bonchev–Trinajstić information content (AvgIpc) is 2.17. The van der Waals surface area contributed by atoms with Crippen LogP contribution in [0.25, 0.3) is 0 Å². The van der Waals surface area contributed by atoms with Crippen molar-refractivity contribution >= 4 is 23.5 Å². The largest absolute Gasteiger partial charge is 0.240 e. The number of nitrogens with zero attached hydrogens (tertiary/aromatic N) is 2. The van der Waals surface area contributed by atoms with Gasteiger partial charge in [-0.3, -0.25) is 0 Å². The lowest BCUT2D eigenvalue weighted by Crippen LogP contribution is -1.81. The van der Waals surface area contributed by atoms with Crippen LogP contribution in [0.5, 0.6) is 0 Å². The summed E-state index contributed by atoms with van der Waals surface area (Å²) in [5.74, 6) is 0. The maximum Gasteiger partial charge on any atom is 0.240 e. The average molecular weight is 186 g/mol. The topological polar surface area (TPSA) is 58.9 Å². The lowest BCUT2D eigenvalue weighted by Gasteiger charge is -2.03. The van der Waals surface area contributed by atoms with Crippen LogP contribution in [0.15, 0.2) is 22.1 Å². The molecule has 0 amide bonds. The zero-order chi connectivity index (χ0) is 10.6. The molecule has 0 unspecified atom stereocenters. The molecule has 0 heterocycles. The minimum absolute atomic E-state index is 0.288. The van der Waals surface area contributed by atoms with E-state index < -0.39 is 0 Å². The molecule has 0 spiro atoms. The highest BCUT2D eigenvalue weighted by Gasteiger charge is 2.05. The molecule has 0 bridgehead atoms. The fourth-order valence-electron chi connectivity index (χ4n) is 1.01. The Labute approximate surface area is 81.0 Å². The van der Waals surface area contributed by atoms with E-state index in [-0.39, 0.29) is 5.69 Å². The first kappa shape index (κ1) is 10.1. The second-order valence-electron chi connectivity index (χ2n) is 2.48. The van der Waals surface area contributed by atoms with Crippen molar-refractivity contribution in [3.63, 3.8) is 0 Å². The number of rotatable bonds is 2. The van der Waals surface area contributed by atoms with Crippen LogP contribution in [0, 0.1) is 13.8 Å². The Kier molecular flexibility index (Phi) is 3.08. The van der Waals surface area contributed by atoms with Gasteiger partial charge in [-0.15, -0.1) is 0 Å². The van der Waals surface area contributed by atoms with Gasteiger partial charge in [-0.05, 0) is 25.5 Å². The fourth-order valence-corrected chi connectivity index (χ4v) is 1.01. The van der Waals surface area contributed by atoms with Crippen LogP contribution in [-0.4, -0.2) is 12.2 Å². The molecule has 4 nitrogen and oxygen atoms in total. The maximum absolute atomic E-state index is 10.1. The van der Waals surface area contributed by atoms with Gasteiger partial charge in [0.15, 0.2) is 0 Å². The van der Waals surface area contributed by atoms with E-state index >= 15 is 0 Å². The molecule has 0 saturated heterocycles.